The average Bonchev–Trinajstić information content (AvgIpc) is 3.57. The minimum absolute atomic E-state index is 0.122. The van der Waals surface area contributed by atoms with Gasteiger partial charge in [-0.25, -0.2) is 19.2 Å². The molecule has 38 heavy (non-hydrogen) atoms. The Hall–Kier alpha value is -3.04. The fourth-order valence-electron chi connectivity index (χ4n) is 6.78. The van der Waals surface area contributed by atoms with E-state index in [4.69, 9.17) is 9.47 Å². The van der Waals surface area contributed by atoms with E-state index in [-0.39, 0.29) is 38.4 Å². The van der Waals surface area contributed by atoms with Crippen LogP contribution in [0.3, 0.4) is 0 Å². The molecule has 0 heterocycles. The van der Waals surface area contributed by atoms with Gasteiger partial charge in [-0.05, 0) is 87.9 Å². The molecule has 2 bridgehead atoms. The first kappa shape index (κ1) is 29.5. The molecule has 6 atom stereocenters. The van der Waals surface area contributed by atoms with Crippen molar-refractivity contribution in [2.75, 3.05) is 39.4 Å². The lowest BCUT2D eigenvalue weighted by Crippen LogP contribution is -2.39. The second kappa shape index (κ2) is 14.2. The van der Waals surface area contributed by atoms with Gasteiger partial charge in [-0.15, -0.1) is 0 Å². The number of ether oxygens (including phenoxy) is 2. The van der Waals surface area contributed by atoms with Crippen molar-refractivity contribution in [1.29, 1.82) is 0 Å². The first-order chi connectivity index (χ1) is 18.2. The minimum Gasteiger partial charge on any atom is -0.460 e. The Morgan fingerprint density at radius 2 is 1.18 bits per heavy atom. The molecule has 4 N–H and O–H groups in total. The van der Waals surface area contributed by atoms with Crippen LogP contribution in [0.15, 0.2) is 24.3 Å². The second-order valence-corrected chi connectivity index (χ2v) is 11.0. The highest BCUT2D eigenvalue weighted by molar-refractivity contribution is 5.87. The monoisotopic (exact) mass is 532 g/mol. The summed E-state index contributed by atoms with van der Waals surface area (Å²) in [4.78, 5) is 46.8. The molecule has 0 aliphatic heterocycles. The Morgan fingerprint density at radius 3 is 1.71 bits per heavy atom. The van der Waals surface area contributed by atoms with Gasteiger partial charge >= 0.3 is 24.0 Å². The number of urea groups is 2. The number of hydrogen-bond donors (Lipinski definition) is 4. The van der Waals surface area contributed by atoms with Crippen LogP contribution in [0.5, 0.6) is 0 Å². The van der Waals surface area contributed by atoms with Crippen LogP contribution in [0, 0.1) is 35.5 Å². The molecular weight excluding hydrogens is 488 g/mol. The van der Waals surface area contributed by atoms with E-state index < -0.39 is 11.9 Å². The van der Waals surface area contributed by atoms with E-state index in [0.717, 1.165) is 30.6 Å². The molecule has 3 saturated carbocycles. The lowest BCUT2D eigenvalue weighted by Gasteiger charge is -2.35. The number of hydrogen-bond acceptors (Lipinski definition) is 6. The smallest absolute Gasteiger partial charge is 0.333 e. The molecule has 0 aromatic heterocycles. The number of amides is 4. The number of carbonyl (C=O) groups is 4. The van der Waals surface area contributed by atoms with E-state index in [9.17, 15) is 19.2 Å². The van der Waals surface area contributed by atoms with Gasteiger partial charge in [0.15, 0.2) is 0 Å². The molecule has 3 aliphatic carbocycles. The molecule has 3 rings (SSSR count). The van der Waals surface area contributed by atoms with E-state index in [1.165, 1.54) is 25.7 Å². The van der Waals surface area contributed by atoms with Crippen molar-refractivity contribution in [3.63, 3.8) is 0 Å². The number of carbonyl (C=O) groups excluding carboxylic acids is 4. The molecule has 212 valence electrons. The van der Waals surface area contributed by atoms with Crippen molar-refractivity contribution in [2.24, 2.45) is 35.5 Å². The minimum atomic E-state index is -0.454. The van der Waals surface area contributed by atoms with E-state index in [1.807, 2.05) is 0 Å². The van der Waals surface area contributed by atoms with E-state index in [0.29, 0.717) is 42.0 Å². The molecule has 3 fully saturated rings. The predicted octanol–water partition coefficient (Wildman–Crippen LogP) is 2.90. The lowest BCUT2D eigenvalue weighted by atomic mass is 9.71. The summed E-state index contributed by atoms with van der Waals surface area (Å²) in [5, 5.41) is 11.3. The van der Waals surface area contributed by atoms with Crippen molar-refractivity contribution < 1.29 is 28.7 Å². The topological polar surface area (TPSA) is 135 Å². The van der Waals surface area contributed by atoms with Crippen molar-refractivity contribution >= 4 is 24.0 Å². The van der Waals surface area contributed by atoms with Crippen LogP contribution in [-0.4, -0.2) is 63.4 Å². The molecule has 10 heteroatoms. The normalized spacial score (nSPS) is 26.7. The fraction of sp³-hybridized carbons (Fsp3) is 0.714. The van der Waals surface area contributed by atoms with Gasteiger partial charge in [0.1, 0.15) is 13.2 Å². The number of esters is 2. The standard InChI is InChI=1S/C28H44N4O6/c1-17(2)25(33)37-13-11-31-27(35)29-9-7-19-5-6-22-21-15-20(23(16-21)24(19)22)8-10-30-28(36)32-12-14-38-26(34)18(3)4/h19-24H,1,3,5-16H2,2,4H3,(H2,29,31,35)(H2,30,32,36). The van der Waals surface area contributed by atoms with Crippen LogP contribution in [0.1, 0.15) is 52.4 Å². The third-order valence-electron chi connectivity index (χ3n) is 8.34. The Labute approximate surface area is 225 Å². The molecule has 6 unspecified atom stereocenters. The van der Waals surface area contributed by atoms with Crippen LogP contribution in [0.4, 0.5) is 9.59 Å². The van der Waals surface area contributed by atoms with Gasteiger partial charge in [0.25, 0.3) is 0 Å². The first-order valence-electron chi connectivity index (χ1n) is 13.9. The van der Waals surface area contributed by atoms with Crippen molar-refractivity contribution in [3.8, 4) is 0 Å². The zero-order valence-corrected chi connectivity index (χ0v) is 22.8. The van der Waals surface area contributed by atoms with E-state index in [2.05, 4.69) is 34.4 Å². The maximum Gasteiger partial charge on any atom is 0.333 e. The molecule has 0 spiro atoms. The largest absolute Gasteiger partial charge is 0.460 e. The highest BCUT2D eigenvalue weighted by Gasteiger charge is 2.56. The Balaban J connectivity index is 1.30. The van der Waals surface area contributed by atoms with Crippen LogP contribution < -0.4 is 21.3 Å². The van der Waals surface area contributed by atoms with Gasteiger partial charge in [0, 0.05) is 24.2 Å². The molecule has 0 aromatic rings. The van der Waals surface area contributed by atoms with E-state index in [1.54, 1.807) is 13.8 Å². The number of fused-ring (bicyclic) bond motifs is 5. The van der Waals surface area contributed by atoms with Crippen LogP contribution in [0.25, 0.3) is 0 Å². The summed E-state index contributed by atoms with van der Waals surface area (Å²) in [6.45, 7) is 12.3. The highest BCUT2D eigenvalue weighted by atomic mass is 16.5. The molecule has 0 radical (unpaired) electrons. The molecule has 10 nitrogen and oxygen atoms in total. The summed E-state index contributed by atoms with van der Waals surface area (Å²) in [5.74, 6) is 3.41. The summed E-state index contributed by atoms with van der Waals surface area (Å²) in [7, 11) is 0. The predicted molar refractivity (Wildman–Crippen MR) is 143 cm³/mol. The Bertz CT molecular complexity index is 906. The van der Waals surface area contributed by atoms with Gasteiger partial charge in [0.2, 0.25) is 0 Å². The Morgan fingerprint density at radius 1 is 0.684 bits per heavy atom. The van der Waals surface area contributed by atoms with Gasteiger partial charge < -0.3 is 30.7 Å². The molecule has 4 amide bonds. The average molecular weight is 533 g/mol. The van der Waals surface area contributed by atoms with Crippen molar-refractivity contribution in [3.05, 3.63) is 24.3 Å². The van der Waals surface area contributed by atoms with Crippen LogP contribution >= 0.6 is 0 Å². The summed E-state index contributed by atoms with van der Waals surface area (Å²) < 4.78 is 9.95. The van der Waals surface area contributed by atoms with E-state index >= 15 is 0 Å². The molecule has 0 saturated heterocycles. The Kier molecular flexibility index (Phi) is 11.0. The van der Waals surface area contributed by atoms with Gasteiger partial charge in [-0.1, -0.05) is 13.2 Å². The zero-order valence-electron chi connectivity index (χ0n) is 22.8. The SMILES string of the molecule is C=C(C)C(=O)OCCNC(=O)NCCC1CC2CC1C1C(CCNC(=O)NCCOC(=O)C(=C)C)CCC21. The molecule has 3 aliphatic rings. The second-order valence-electron chi connectivity index (χ2n) is 11.0. The number of rotatable bonds is 14. The third-order valence-corrected chi connectivity index (χ3v) is 8.34. The van der Waals surface area contributed by atoms with Crippen LogP contribution in [-0.2, 0) is 19.1 Å². The maximum absolute atomic E-state index is 12.1. The summed E-state index contributed by atoms with van der Waals surface area (Å²) in [6, 6.07) is -0.482. The molecule has 0 aromatic carbocycles. The zero-order chi connectivity index (χ0) is 27.7. The van der Waals surface area contributed by atoms with Gasteiger partial charge in [-0.3, -0.25) is 0 Å². The third kappa shape index (κ3) is 8.23. The van der Waals surface area contributed by atoms with Crippen molar-refractivity contribution in [1.82, 2.24) is 21.3 Å². The molecular formula is C28H44N4O6. The first-order valence-corrected chi connectivity index (χ1v) is 13.9. The van der Waals surface area contributed by atoms with Gasteiger partial charge in [-0.2, -0.15) is 0 Å². The maximum atomic E-state index is 12.1. The summed E-state index contributed by atoms with van der Waals surface area (Å²) in [6.07, 6.45) is 7.03. The van der Waals surface area contributed by atoms with Gasteiger partial charge in [0.05, 0.1) is 13.1 Å². The van der Waals surface area contributed by atoms with Crippen molar-refractivity contribution in [2.45, 2.75) is 52.4 Å². The number of nitrogens with one attached hydrogen (secondary N) is 4. The lowest BCUT2D eigenvalue weighted by molar-refractivity contribution is -0.139. The van der Waals surface area contributed by atoms with Crippen LogP contribution in [0.2, 0.25) is 0 Å². The summed E-state index contributed by atoms with van der Waals surface area (Å²) in [5.41, 5.74) is 0.675. The fourth-order valence-corrected chi connectivity index (χ4v) is 6.78. The highest BCUT2D eigenvalue weighted by Crippen LogP contribution is 2.63. The quantitative estimate of drug-likeness (QED) is 0.154. The summed E-state index contributed by atoms with van der Waals surface area (Å²) >= 11 is 0.